The predicted molar refractivity (Wildman–Crippen MR) is 77.4 cm³/mol. The number of hydrogen-bond donors (Lipinski definition) is 1. The molecule has 0 aliphatic heterocycles. The smallest absolute Gasteiger partial charge is 0.118 e. The highest BCUT2D eigenvalue weighted by atomic mass is 16.5. The molecule has 0 bridgehead atoms. The molecule has 1 aliphatic carbocycles. The number of likely N-dealkylation sites (N-methyl/N-ethyl adjacent to an activating group) is 1. The maximum Gasteiger partial charge on any atom is 0.118 e. The highest BCUT2D eigenvalue weighted by Crippen LogP contribution is 2.28. The van der Waals surface area contributed by atoms with E-state index in [0.29, 0.717) is 6.04 Å². The first kappa shape index (κ1) is 14.4. The first-order valence-corrected chi connectivity index (χ1v) is 7.17. The van der Waals surface area contributed by atoms with E-state index in [1.165, 1.54) is 25.7 Å². The van der Waals surface area contributed by atoms with Crippen molar-refractivity contribution in [3.63, 3.8) is 0 Å². The maximum absolute atomic E-state index is 10.5. The van der Waals surface area contributed by atoms with Gasteiger partial charge in [-0.2, -0.15) is 0 Å². The summed E-state index contributed by atoms with van der Waals surface area (Å²) in [5.74, 6) is 0.827. The van der Waals surface area contributed by atoms with Crippen LogP contribution in [0.5, 0.6) is 5.75 Å². The zero-order valence-electron chi connectivity index (χ0n) is 12.2. The Kier molecular flexibility index (Phi) is 4.83. The predicted octanol–water partition coefficient (Wildman–Crippen LogP) is 2.99. The van der Waals surface area contributed by atoms with Gasteiger partial charge in [0.25, 0.3) is 0 Å². The molecule has 106 valence electrons. The topological polar surface area (TPSA) is 32.7 Å². The number of aliphatic hydroxyl groups excluding tert-OH is 1. The minimum absolute atomic E-state index is 0.136. The molecule has 0 radical (unpaired) electrons. The molecular formula is C16H25NO2. The molecule has 19 heavy (non-hydrogen) atoms. The van der Waals surface area contributed by atoms with Crippen LogP contribution in [0.2, 0.25) is 0 Å². The van der Waals surface area contributed by atoms with Gasteiger partial charge in [0.05, 0.1) is 13.2 Å². The third kappa shape index (κ3) is 3.28. The molecule has 2 unspecified atom stereocenters. The zero-order valence-corrected chi connectivity index (χ0v) is 12.2. The molecule has 2 atom stereocenters. The van der Waals surface area contributed by atoms with Gasteiger partial charge in [0.1, 0.15) is 5.75 Å². The Morgan fingerprint density at radius 3 is 2.32 bits per heavy atom. The molecule has 0 aromatic heterocycles. The van der Waals surface area contributed by atoms with Gasteiger partial charge in [-0.1, -0.05) is 25.0 Å². The fourth-order valence-corrected chi connectivity index (χ4v) is 2.95. The Bertz CT molecular complexity index is 384. The average molecular weight is 263 g/mol. The van der Waals surface area contributed by atoms with Crippen molar-refractivity contribution in [2.24, 2.45) is 0 Å². The van der Waals surface area contributed by atoms with Crippen LogP contribution < -0.4 is 4.74 Å². The van der Waals surface area contributed by atoms with Gasteiger partial charge in [-0.15, -0.1) is 0 Å². The Labute approximate surface area is 116 Å². The van der Waals surface area contributed by atoms with Crippen molar-refractivity contribution in [1.29, 1.82) is 0 Å². The third-order valence-corrected chi connectivity index (χ3v) is 4.46. The minimum Gasteiger partial charge on any atom is -0.497 e. The second-order valence-corrected chi connectivity index (χ2v) is 5.56. The number of benzene rings is 1. The largest absolute Gasteiger partial charge is 0.497 e. The van der Waals surface area contributed by atoms with E-state index in [1.807, 2.05) is 24.3 Å². The lowest BCUT2D eigenvalue weighted by atomic mass is 10.0. The number of aliphatic hydroxyl groups is 1. The molecule has 1 aliphatic rings. The van der Waals surface area contributed by atoms with Gasteiger partial charge in [-0.05, 0) is 44.5 Å². The molecule has 1 N–H and O–H groups in total. The van der Waals surface area contributed by atoms with E-state index in [-0.39, 0.29) is 6.04 Å². The first-order valence-electron chi connectivity index (χ1n) is 7.17. The normalized spacial score (nSPS) is 19.6. The van der Waals surface area contributed by atoms with Gasteiger partial charge < -0.3 is 9.84 Å². The zero-order chi connectivity index (χ0) is 13.8. The Morgan fingerprint density at radius 2 is 1.79 bits per heavy atom. The lowest BCUT2D eigenvalue weighted by Crippen LogP contribution is -2.40. The molecule has 0 spiro atoms. The Morgan fingerprint density at radius 1 is 1.21 bits per heavy atom. The van der Waals surface area contributed by atoms with Crippen molar-refractivity contribution in [3.05, 3.63) is 29.8 Å². The van der Waals surface area contributed by atoms with E-state index in [1.54, 1.807) is 7.11 Å². The van der Waals surface area contributed by atoms with Gasteiger partial charge >= 0.3 is 0 Å². The summed E-state index contributed by atoms with van der Waals surface area (Å²) in [6.07, 6.45) is 4.71. The van der Waals surface area contributed by atoms with Crippen LogP contribution in [0.1, 0.15) is 44.3 Å². The number of ether oxygens (including phenoxy) is 1. The van der Waals surface area contributed by atoms with Crippen molar-refractivity contribution < 1.29 is 9.84 Å². The monoisotopic (exact) mass is 263 g/mol. The molecule has 2 rings (SSSR count). The third-order valence-electron chi connectivity index (χ3n) is 4.46. The summed E-state index contributed by atoms with van der Waals surface area (Å²) in [4.78, 5) is 2.34. The van der Waals surface area contributed by atoms with Gasteiger partial charge in [-0.3, -0.25) is 4.90 Å². The summed E-state index contributed by atoms with van der Waals surface area (Å²) in [7, 11) is 3.79. The number of methoxy groups -OCH3 is 1. The SMILES string of the molecule is COc1ccc(C(O)C(C)N(C)C2CCCC2)cc1. The summed E-state index contributed by atoms with van der Waals surface area (Å²) >= 11 is 0. The van der Waals surface area contributed by atoms with E-state index >= 15 is 0 Å². The molecule has 0 amide bonds. The molecular weight excluding hydrogens is 238 g/mol. The van der Waals surface area contributed by atoms with Crippen molar-refractivity contribution in [2.45, 2.75) is 50.8 Å². The van der Waals surface area contributed by atoms with Gasteiger partial charge in [0.15, 0.2) is 0 Å². The molecule has 1 aromatic carbocycles. The maximum atomic E-state index is 10.5. The van der Waals surface area contributed by atoms with Crippen LogP contribution in [0.3, 0.4) is 0 Å². The molecule has 0 saturated heterocycles. The van der Waals surface area contributed by atoms with E-state index in [9.17, 15) is 5.11 Å². The van der Waals surface area contributed by atoms with Crippen molar-refractivity contribution in [2.75, 3.05) is 14.2 Å². The van der Waals surface area contributed by atoms with E-state index in [2.05, 4.69) is 18.9 Å². The number of nitrogens with zero attached hydrogens (tertiary/aromatic N) is 1. The Hall–Kier alpha value is -1.06. The highest BCUT2D eigenvalue weighted by Gasteiger charge is 2.27. The standard InChI is InChI=1S/C16H25NO2/c1-12(17(2)14-6-4-5-7-14)16(18)13-8-10-15(19-3)11-9-13/h8-12,14,16,18H,4-7H2,1-3H3. The summed E-state index contributed by atoms with van der Waals surface area (Å²) < 4.78 is 5.15. The van der Waals surface area contributed by atoms with Crippen LogP contribution in [0, 0.1) is 0 Å². The molecule has 1 saturated carbocycles. The fraction of sp³-hybridized carbons (Fsp3) is 0.625. The van der Waals surface area contributed by atoms with E-state index in [4.69, 9.17) is 4.74 Å². The van der Waals surface area contributed by atoms with Crippen LogP contribution in [-0.2, 0) is 0 Å². The van der Waals surface area contributed by atoms with Gasteiger partial charge in [0, 0.05) is 12.1 Å². The summed E-state index contributed by atoms with van der Waals surface area (Å²) in [6, 6.07) is 8.46. The molecule has 0 heterocycles. The summed E-state index contributed by atoms with van der Waals surface area (Å²) in [5, 5.41) is 10.5. The van der Waals surface area contributed by atoms with Gasteiger partial charge in [0.2, 0.25) is 0 Å². The fourth-order valence-electron chi connectivity index (χ4n) is 2.95. The van der Waals surface area contributed by atoms with Crippen molar-refractivity contribution in [1.82, 2.24) is 4.90 Å². The lowest BCUT2D eigenvalue weighted by Gasteiger charge is -2.33. The number of rotatable bonds is 5. The van der Waals surface area contributed by atoms with E-state index < -0.39 is 6.10 Å². The minimum atomic E-state index is -0.448. The lowest BCUT2D eigenvalue weighted by molar-refractivity contribution is 0.0504. The summed E-state index contributed by atoms with van der Waals surface area (Å²) in [6.45, 7) is 2.10. The second kappa shape index (κ2) is 6.40. The molecule has 1 fully saturated rings. The Balaban J connectivity index is 2.02. The quantitative estimate of drug-likeness (QED) is 0.886. The summed E-state index contributed by atoms with van der Waals surface area (Å²) in [5.41, 5.74) is 0.957. The molecule has 3 nitrogen and oxygen atoms in total. The number of hydrogen-bond acceptors (Lipinski definition) is 3. The first-order chi connectivity index (χ1) is 9.13. The van der Waals surface area contributed by atoms with Crippen LogP contribution in [0.25, 0.3) is 0 Å². The van der Waals surface area contributed by atoms with Crippen LogP contribution in [-0.4, -0.2) is 36.2 Å². The van der Waals surface area contributed by atoms with Gasteiger partial charge in [-0.25, -0.2) is 0 Å². The van der Waals surface area contributed by atoms with Crippen molar-refractivity contribution in [3.8, 4) is 5.75 Å². The van der Waals surface area contributed by atoms with E-state index in [0.717, 1.165) is 11.3 Å². The average Bonchev–Trinajstić information content (AvgIpc) is 2.99. The van der Waals surface area contributed by atoms with Crippen LogP contribution in [0.15, 0.2) is 24.3 Å². The van der Waals surface area contributed by atoms with Crippen LogP contribution in [0.4, 0.5) is 0 Å². The second-order valence-electron chi connectivity index (χ2n) is 5.56. The highest BCUT2D eigenvalue weighted by molar-refractivity contribution is 5.29. The molecule has 1 aromatic rings. The van der Waals surface area contributed by atoms with Crippen molar-refractivity contribution >= 4 is 0 Å². The molecule has 3 heteroatoms. The van der Waals surface area contributed by atoms with Crippen LogP contribution >= 0.6 is 0 Å².